The lowest BCUT2D eigenvalue weighted by atomic mass is 10.1. The summed E-state index contributed by atoms with van der Waals surface area (Å²) in [5, 5.41) is 2.98. The standard InChI is InChI=1S/C14H21NO2/c1-4-8-11(3)15-14(16)12-9-6-7-10-13(12)17-5-2/h6-7,9-11H,4-5,8H2,1-3H3,(H,15,16)/t11-/m1/s1. The second kappa shape index (κ2) is 6.94. The first-order valence-corrected chi connectivity index (χ1v) is 6.21. The van der Waals surface area contributed by atoms with Gasteiger partial charge >= 0.3 is 0 Å². The lowest BCUT2D eigenvalue weighted by molar-refractivity contribution is 0.0934. The van der Waals surface area contributed by atoms with E-state index in [1.54, 1.807) is 6.07 Å². The van der Waals surface area contributed by atoms with Gasteiger partial charge in [0.25, 0.3) is 5.91 Å². The van der Waals surface area contributed by atoms with Gasteiger partial charge in [-0.25, -0.2) is 0 Å². The summed E-state index contributed by atoms with van der Waals surface area (Å²) in [4.78, 5) is 12.0. The van der Waals surface area contributed by atoms with Crippen molar-refractivity contribution in [2.45, 2.75) is 39.7 Å². The molecule has 3 nitrogen and oxygen atoms in total. The van der Waals surface area contributed by atoms with Crippen LogP contribution in [-0.4, -0.2) is 18.6 Å². The molecule has 0 heterocycles. The van der Waals surface area contributed by atoms with E-state index in [9.17, 15) is 4.79 Å². The molecule has 0 fully saturated rings. The quantitative estimate of drug-likeness (QED) is 0.823. The second-order valence-corrected chi connectivity index (χ2v) is 4.09. The molecule has 0 radical (unpaired) electrons. The van der Waals surface area contributed by atoms with Crippen LogP contribution in [0.25, 0.3) is 0 Å². The third-order valence-corrected chi connectivity index (χ3v) is 2.53. The molecular formula is C14H21NO2. The van der Waals surface area contributed by atoms with Crippen LogP contribution in [0.1, 0.15) is 44.0 Å². The molecule has 1 N–H and O–H groups in total. The topological polar surface area (TPSA) is 38.3 Å². The lowest BCUT2D eigenvalue weighted by Crippen LogP contribution is -2.32. The van der Waals surface area contributed by atoms with Crippen LogP contribution >= 0.6 is 0 Å². The zero-order valence-corrected chi connectivity index (χ0v) is 10.8. The maximum atomic E-state index is 12.0. The van der Waals surface area contributed by atoms with Gasteiger partial charge in [0.15, 0.2) is 0 Å². The Morgan fingerprint density at radius 3 is 2.71 bits per heavy atom. The molecule has 1 aromatic carbocycles. The van der Waals surface area contributed by atoms with Crippen LogP contribution in [0.2, 0.25) is 0 Å². The van der Waals surface area contributed by atoms with Crippen LogP contribution in [0.3, 0.4) is 0 Å². The fraction of sp³-hybridized carbons (Fsp3) is 0.500. The van der Waals surface area contributed by atoms with E-state index in [0.717, 1.165) is 12.8 Å². The Morgan fingerprint density at radius 2 is 2.06 bits per heavy atom. The number of carbonyl (C=O) groups is 1. The highest BCUT2D eigenvalue weighted by Crippen LogP contribution is 2.17. The van der Waals surface area contributed by atoms with Gasteiger partial charge in [0.05, 0.1) is 12.2 Å². The number of rotatable bonds is 6. The number of para-hydroxylation sites is 1. The second-order valence-electron chi connectivity index (χ2n) is 4.09. The van der Waals surface area contributed by atoms with Gasteiger partial charge in [-0.1, -0.05) is 25.5 Å². The van der Waals surface area contributed by atoms with Crippen LogP contribution < -0.4 is 10.1 Å². The van der Waals surface area contributed by atoms with Crippen LogP contribution in [0, 0.1) is 0 Å². The average Bonchev–Trinajstić information content (AvgIpc) is 2.30. The number of ether oxygens (including phenoxy) is 1. The van der Waals surface area contributed by atoms with Crippen molar-refractivity contribution in [1.29, 1.82) is 0 Å². The van der Waals surface area contributed by atoms with Gasteiger partial charge in [-0.2, -0.15) is 0 Å². The normalized spacial score (nSPS) is 11.9. The molecule has 0 unspecified atom stereocenters. The third kappa shape index (κ3) is 4.10. The SMILES string of the molecule is CCC[C@@H](C)NC(=O)c1ccccc1OCC. The third-order valence-electron chi connectivity index (χ3n) is 2.53. The number of nitrogens with one attached hydrogen (secondary N) is 1. The first kappa shape index (κ1) is 13.6. The molecule has 0 aliphatic heterocycles. The van der Waals surface area contributed by atoms with E-state index in [4.69, 9.17) is 4.74 Å². The number of amides is 1. The maximum Gasteiger partial charge on any atom is 0.255 e. The summed E-state index contributed by atoms with van der Waals surface area (Å²) in [7, 11) is 0. The van der Waals surface area contributed by atoms with Gasteiger partial charge < -0.3 is 10.1 Å². The minimum atomic E-state index is -0.0602. The van der Waals surface area contributed by atoms with Gasteiger partial charge in [-0.3, -0.25) is 4.79 Å². The summed E-state index contributed by atoms with van der Waals surface area (Å²) in [5.74, 6) is 0.589. The fourth-order valence-electron chi connectivity index (χ4n) is 1.74. The molecule has 0 spiro atoms. The summed E-state index contributed by atoms with van der Waals surface area (Å²) >= 11 is 0. The highest BCUT2D eigenvalue weighted by Gasteiger charge is 2.13. The van der Waals surface area contributed by atoms with Crippen molar-refractivity contribution in [2.75, 3.05) is 6.61 Å². The summed E-state index contributed by atoms with van der Waals surface area (Å²) < 4.78 is 5.44. The van der Waals surface area contributed by atoms with E-state index < -0.39 is 0 Å². The Morgan fingerprint density at radius 1 is 1.35 bits per heavy atom. The predicted octanol–water partition coefficient (Wildman–Crippen LogP) is 3.00. The molecule has 0 bridgehead atoms. The molecule has 0 aliphatic carbocycles. The maximum absolute atomic E-state index is 12.0. The minimum Gasteiger partial charge on any atom is -0.493 e. The molecular weight excluding hydrogens is 214 g/mol. The van der Waals surface area contributed by atoms with E-state index in [2.05, 4.69) is 12.2 Å². The highest BCUT2D eigenvalue weighted by atomic mass is 16.5. The number of hydrogen-bond acceptors (Lipinski definition) is 2. The van der Waals surface area contributed by atoms with E-state index in [1.807, 2.05) is 32.0 Å². The summed E-state index contributed by atoms with van der Waals surface area (Å²) in [5.41, 5.74) is 0.609. The molecule has 1 atom stereocenters. The zero-order valence-electron chi connectivity index (χ0n) is 10.8. The van der Waals surface area contributed by atoms with Crippen molar-refractivity contribution in [3.05, 3.63) is 29.8 Å². The summed E-state index contributed by atoms with van der Waals surface area (Å²) in [6.07, 6.45) is 2.05. The Kier molecular flexibility index (Phi) is 5.53. The van der Waals surface area contributed by atoms with Crippen molar-refractivity contribution in [1.82, 2.24) is 5.32 Å². The van der Waals surface area contributed by atoms with Crippen molar-refractivity contribution in [2.24, 2.45) is 0 Å². The Bertz CT molecular complexity index is 363. The van der Waals surface area contributed by atoms with E-state index >= 15 is 0 Å². The molecule has 3 heteroatoms. The largest absolute Gasteiger partial charge is 0.493 e. The first-order chi connectivity index (χ1) is 8.19. The molecule has 0 saturated carbocycles. The van der Waals surface area contributed by atoms with Crippen molar-refractivity contribution < 1.29 is 9.53 Å². The molecule has 1 aromatic rings. The van der Waals surface area contributed by atoms with Crippen LogP contribution in [0.15, 0.2) is 24.3 Å². The highest BCUT2D eigenvalue weighted by molar-refractivity contribution is 5.97. The Hall–Kier alpha value is -1.51. The van der Waals surface area contributed by atoms with Crippen LogP contribution in [0.4, 0.5) is 0 Å². The Labute approximate surface area is 103 Å². The summed E-state index contributed by atoms with van der Waals surface area (Å²) in [6, 6.07) is 7.53. The smallest absolute Gasteiger partial charge is 0.255 e. The number of hydrogen-bond donors (Lipinski definition) is 1. The lowest BCUT2D eigenvalue weighted by Gasteiger charge is -2.14. The molecule has 1 amide bonds. The van der Waals surface area contributed by atoms with Gasteiger partial charge in [0.2, 0.25) is 0 Å². The van der Waals surface area contributed by atoms with Crippen LogP contribution in [0.5, 0.6) is 5.75 Å². The van der Waals surface area contributed by atoms with Gasteiger partial charge in [-0.15, -0.1) is 0 Å². The minimum absolute atomic E-state index is 0.0602. The molecule has 1 rings (SSSR count). The van der Waals surface area contributed by atoms with Gasteiger partial charge in [0, 0.05) is 6.04 Å². The monoisotopic (exact) mass is 235 g/mol. The molecule has 17 heavy (non-hydrogen) atoms. The number of benzene rings is 1. The van der Waals surface area contributed by atoms with Crippen molar-refractivity contribution >= 4 is 5.91 Å². The molecule has 0 aromatic heterocycles. The van der Waals surface area contributed by atoms with Gasteiger partial charge in [0.1, 0.15) is 5.75 Å². The molecule has 0 saturated heterocycles. The van der Waals surface area contributed by atoms with E-state index in [0.29, 0.717) is 17.9 Å². The fourth-order valence-corrected chi connectivity index (χ4v) is 1.74. The van der Waals surface area contributed by atoms with E-state index in [-0.39, 0.29) is 11.9 Å². The van der Waals surface area contributed by atoms with Crippen LogP contribution in [-0.2, 0) is 0 Å². The summed E-state index contributed by atoms with van der Waals surface area (Å²) in [6.45, 7) is 6.60. The zero-order chi connectivity index (χ0) is 12.7. The van der Waals surface area contributed by atoms with Crippen molar-refractivity contribution in [3.63, 3.8) is 0 Å². The predicted molar refractivity (Wildman–Crippen MR) is 69.4 cm³/mol. The Balaban J connectivity index is 2.74. The average molecular weight is 235 g/mol. The molecule has 0 aliphatic rings. The van der Waals surface area contributed by atoms with Crippen molar-refractivity contribution in [3.8, 4) is 5.75 Å². The first-order valence-electron chi connectivity index (χ1n) is 6.21. The molecule has 94 valence electrons. The van der Waals surface area contributed by atoms with Gasteiger partial charge in [-0.05, 0) is 32.4 Å². The number of carbonyl (C=O) groups excluding carboxylic acids is 1. The van der Waals surface area contributed by atoms with E-state index in [1.165, 1.54) is 0 Å².